The van der Waals surface area contributed by atoms with E-state index in [2.05, 4.69) is 51.3 Å². The van der Waals surface area contributed by atoms with Crippen LogP contribution in [0.15, 0.2) is 49.1 Å². The minimum absolute atomic E-state index is 0.0881. The number of pyridine rings is 1. The van der Waals surface area contributed by atoms with Crippen LogP contribution < -0.4 is 16.0 Å². The van der Waals surface area contributed by atoms with Crippen LogP contribution in [-0.4, -0.2) is 71.1 Å². The number of sulfone groups is 1. The molecule has 11 nitrogen and oxygen atoms in total. The Morgan fingerprint density at radius 2 is 1.95 bits per heavy atom. The number of anilines is 3. The first kappa shape index (κ1) is 25.7. The maximum absolute atomic E-state index is 11.8. The molecule has 0 radical (unpaired) electrons. The lowest BCUT2D eigenvalue weighted by atomic mass is 9.92. The average Bonchev–Trinajstić information content (AvgIpc) is 3.33. The zero-order valence-electron chi connectivity index (χ0n) is 22.2. The van der Waals surface area contributed by atoms with Gasteiger partial charge in [-0.3, -0.25) is 4.68 Å². The molecule has 0 spiro atoms. The summed E-state index contributed by atoms with van der Waals surface area (Å²) in [6.45, 7) is 6.25. The third-order valence-electron chi connectivity index (χ3n) is 7.40. The molecule has 0 bridgehead atoms. The van der Waals surface area contributed by atoms with Gasteiger partial charge in [0.15, 0.2) is 5.82 Å². The van der Waals surface area contributed by atoms with E-state index in [0.29, 0.717) is 43.1 Å². The van der Waals surface area contributed by atoms with Crippen molar-refractivity contribution in [1.82, 2.24) is 24.7 Å². The largest absolute Gasteiger partial charge is 0.377 e. The van der Waals surface area contributed by atoms with Gasteiger partial charge in [-0.05, 0) is 35.1 Å². The predicted molar refractivity (Wildman–Crippen MR) is 151 cm³/mol. The molecule has 1 aromatic carbocycles. The van der Waals surface area contributed by atoms with Gasteiger partial charge in [-0.25, -0.2) is 23.4 Å². The SMILES string of the molecule is CC(C)c1ccc(N2C[C@H](CS(C)(=O)=O)[C@H]2N)c2cnc(Nc3ccnc(-c4cnn(C5COC5)c4)n3)cc12. The summed E-state index contributed by atoms with van der Waals surface area (Å²) in [5.41, 5.74) is 9.41. The average molecular weight is 549 g/mol. The first-order chi connectivity index (χ1) is 18.7. The second-order valence-electron chi connectivity index (χ2n) is 10.7. The first-order valence-corrected chi connectivity index (χ1v) is 15.1. The quantitative estimate of drug-likeness (QED) is 0.337. The van der Waals surface area contributed by atoms with E-state index in [1.165, 1.54) is 11.8 Å². The lowest BCUT2D eigenvalue weighted by Crippen LogP contribution is -2.63. The summed E-state index contributed by atoms with van der Waals surface area (Å²) >= 11 is 0. The van der Waals surface area contributed by atoms with Crippen molar-refractivity contribution in [2.45, 2.75) is 32.0 Å². The molecule has 5 heterocycles. The van der Waals surface area contributed by atoms with E-state index in [0.717, 1.165) is 22.0 Å². The summed E-state index contributed by atoms with van der Waals surface area (Å²) in [4.78, 5) is 15.9. The molecule has 0 aliphatic carbocycles. The van der Waals surface area contributed by atoms with Gasteiger partial charge in [0.1, 0.15) is 21.5 Å². The number of nitrogens with two attached hydrogens (primary N) is 1. The van der Waals surface area contributed by atoms with Gasteiger partial charge in [-0.2, -0.15) is 5.10 Å². The Morgan fingerprint density at radius 3 is 2.64 bits per heavy atom. The Bertz CT molecular complexity index is 1630. The molecule has 12 heteroatoms. The number of hydrogen-bond donors (Lipinski definition) is 2. The van der Waals surface area contributed by atoms with E-state index in [1.54, 1.807) is 18.5 Å². The number of hydrogen-bond acceptors (Lipinski definition) is 10. The number of fused-ring (bicyclic) bond motifs is 1. The van der Waals surface area contributed by atoms with Gasteiger partial charge in [-0.15, -0.1) is 0 Å². The maximum Gasteiger partial charge on any atom is 0.164 e. The number of benzene rings is 1. The molecule has 2 aliphatic rings. The summed E-state index contributed by atoms with van der Waals surface area (Å²) in [5, 5.41) is 9.81. The van der Waals surface area contributed by atoms with Gasteiger partial charge < -0.3 is 20.7 Å². The fourth-order valence-electron chi connectivity index (χ4n) is 5.19. The number of aromatic nitrogens is 5. The van der Waals surface area contributed by atoms with Crippen LogP contribution >= 0.6 is 0 Å². The maximum atomic E-state index is 11.8. The molecule has 2 aliphatic heterocycles. The van der Waals surface area contributed by atoms with Crippen molar-refractivity contribution in [1.29, 1.82) is 0 Å². The van der Waals surface area contributed by atoms with Crippen LogP contribution in [0.3, 0.4) is 0 Å². The van der Waals surface area contributed by atoms with Crippen molar-refractivity contribution < 1.29 is 13.2 Å². The molecule has 2 atom stereocenters. The second-order valence-corrected chi connectivity index (χ2v) is 12.9. The zero-order valence-corrected chi connectivity index (χ0v) is 23.0. The summed E-state index contributed by atoms with van der Waals surface area (Å²) in [6.07, 6.45) is 8.17. The van der Waals surface area contributed by atoms with Gasteiger partial charge >= 0.3 is 0 Å². The smallest absolute Gasteiger partial charge is 0.164 e. The van der Waals surface area contributed by atoms with Crippen molar-refractivity contribution in [2.75, 3.05) is 42.0 Å². The number of nitrogens with zero attached hydrogens (tertiary/aromatic N) is 6. The third kappa shape index (κ3) is 5.07. The highest BCUT2D eigenvalue weighted by molar-refractivity contribution is 7.90. The van der Waals surface area contributed by atoms with Crippen molar-refractivity contribution in [3.63, 3.8) is 0 Å². The number of nitrogens with one attached hydrogen (secondary N) is 1. The summed E-state index contributed by atoms with van der Waals surface area (Å²) < 4.78 is 30.7. The summed E-state index contributed by atoms with van der Waals surface area (Å²) in [7, 11) is -3.09. The van der Waals surface area contributed by atoms with Gasteiger partial charge in [0.25, 0.3) is 0 Å². The highest BCUT2D eigenvalue weighted by atomic mass is 32.2. The molecule has 6 rings (SSSR count). The lowest BCUT2D eigenvalue weighted by molar-refractivity contribution is -0.0286. The molecule has 0 saturated carbocycles. The lowest BCUT2D eigenvalue weighted by Gasteiger charge is -2.47. The van der Waals surface area contributed by atoms with E-state index in [4.69, 9.17) is 15.5 Å². The van der Waals surface area contributed by atoms with Gasteiger partial charge in [0, 0.05) is 48.4 Å². The Kier molecular flexibility index (Phi) is 6.48. The Hall–Kier alpha value is -3.61. The van der Waals surface area contributed by atoms with E-state index >= 15 is 0 Å². The standard InChI is InChI=1S/C27H32N8O3S/c1-16(2)20-4-5-23(34-11-18(26(34)28)15-39(3,36)37)22-10-30-25(8-21(20)22)32-24-6-7-29-27(33-24)17-9-31-35(12-17)19-13-38-14-19/h4-10,12,16,18-19,26H,11,13-15,28H2,1-3H3,(H,29,30,32,33)/t18-,26+/m1/s1. The van der Waals surface area contributed by atoms with Gasteiger partial charge in [0.05, 0.1) is 42.9 Å². The van der Waals surface area contributed by atoms with Crippen LogP contribution in [-0.2, 0) is 14.6 Å². The van der Waals surface area contributed by atoms with Crippen molar-refractivity contribution in [2.24, 2.45) is 11.7 Å². The van der Waals surface area contributed by atoms with Crippen LogP contribution in [0.5, 0.6) is 0 Å². The highest BCUT2D eigenvalue weighted by Crippen LogP contribution is 2.38. The molecule has 4 aromatic rings. The summed E-state index contributed by atoms with van der Waals surface area (Å²) in [6, 6.07) is 8.29. The van der Waals surface area contributed by atoms with E-state index in [-0.39, 0.29) is 23.9 Å². The molecule has 2 fully saturated rings. The molecule has 2 saturated heterocycles. The Labute approximate surface area is 227 Å². The minimum atomic E-state index is -3.09. The molecule has 3 aromatic heterocycles. The van der Waals surface area contributed by atoms with Gasteiger partial charge in [0.2, 0.25) is 0 Å². The predicted octanol–water partition coefficient (Wildman–Crippen LogP) is 3.09. The molecule has 204 valence electrons. The Balaban J connectivity index is 1.27. The van der Waals surface area contributed by atoms with Crippen molar-refractivity contribution in [3.8, 4) is 11.4 Å². The second kappa shape index (κ2) is 9.85. The molecule has 39 heavy (non-hydrogen) atoms. The van der Waals surface area contributed by atoms with Crippen molar-refractivity contribution >= 4 is 37.9 Å². The van der Waals surface area contributed by atoms with Crippen LogP contribution in [0.1, 0.15) is 31.4 Å². The Morgan fingerprint density at radius 1 is 1.13 bits per heavy atom. The van der Waals surface area contributed by atoms with E-state index in [1.807, 2.05) is 23.1 Å². The minimum Gasteiger partial charge on any atom is -0.377 e. The first-order valence-electron chi connectivity index (χ1n) is 13.0. The van der Waals surface area contributed by atoms with E-state index in [9.17, 15) is 8.42 Å². The monoisotopic (exact) mass is 548 g/mol. The van der Waals surface area contributed by atoms with E-state index < -0.39 is 9.84 Å². The van der Waals surface area contributed by atoms with Crippen LogP contribution in [0.2, 0.25) is 0 Å². The fourth-order valence-corrected chi connectivity index (χ4v) is 6.27. The topological polar surface area (TPSA) is 141 Å². The molecule has 0 unspecified atom stereocenters. The zero-order chi connectivity index (χ0) is 27.3. The summed E-state index contributed by atoms with van der Waals surface area (Å²) in [5.74, 6) is 2.17. The number of rotatable bonds is 8. The molecular weight excluding hydrogens is 516 g/mol. The highest BCUT2D eigenvalue weighted by Gasteiger charge is 2.39. The molecule has 0 amide bonds. The van der Waals surface area contributed by atoms with Crippen molar-refractivity contribution in [3.05, 3.63) is 54.6 Å². The van der Waals surface area contributed by atoms with Gasteiger partial charge in [-0.1, -0.05) is 19.9 Å². The van der Waals surface area contributed by atoms with Crippen LogP contribution in [0, 0.1) is 5.92 Å². The normalized spacial score (nSPS) is 19.8. The number of ether oxygens (including phenoxy) is 1. The van der Waals surface area contributed by atoms with Crippen LogP contribution in [0.25, 0.3) is 22.2 Å². The van der Waals surface area contributed by atoms with Crippen LogP contribution in [0.4, 0.5) is 17.3 Å². The third-order valence-corrected chi connectivity index (χ3v) is 8.43. The molecule has 3 N–H and O–H groups in total. The fraction of sp³-hybridized carbons (Fsp3) is 0.407. The molecular formula is C27H32N8O3S.